The van der Waals surface area contributed by atoms with Gasteiger partial charge in [-0.15, -0.1) is 0 Å². The maximum atomic E-state index is 12.4. The van der Waals surface area contributed by atoms with Gasteiger partial charge in [0, 0.05) is 38.6 Å². The Morgan fingerprint density at radius 2 is 2.13 bits per heavy atom. The van der Waals surface area contributed by atoms with Crippen LogP contribution in [0, 0.1) is 0 Å². The third-order valence-corrected chi connectivity index (χ3v) is 4.38. The molecule has 23 heavy (non-hydrogen) atoms. The molecule has 1 fully saturated rings. The van der Waals surface area contributed by atoms with Gasteiger partial charge >= 0.3 is 12.1 Å². The number of imidazole rings is 1. The normalized spacial score (nSPS) is 17.5. The van der Waals surface area contributed by atoms with Gasteiger partial charge in [0.15, 0.2) is 0 Å². The van der Waals surface area contributed by atoms with E-state index in [9.17, 15) is 9.59 Å². The molecule has 0 bridgehead atoms. The van der Waals surface area contributed by atoms with Gasteiger partial charge in [0.2, 0.25) is 0 Å². The first kappa shape index (κ1) is 17.3. The Kier molecular flexibility index (Phi) is 5.59. The van der Waals surface area contributed by atoms with E-state index >= 15 is 0 Å². The van der Waals surface area contributed by atoms with Gasteiger partial charge in [-0.2, -0.15) is 0 Å². The van der Waals surface area contributed by atoms with Crippen LogP contribution < -0.4 is 0 Å². The van der Waals surface area contributed by atoms with Crippen LogP contribution in [0.2, 0.25) is 0 Å². The smallest absolute Gasteiger partial charge is 0.410 e. The molecule has 0 spiro atoms. The van der Waals surface area contributed by atoms with Crippen LogP contribution in [0.15, 0.2) is 12.5 Å². The zero-order chi connectivity index (χ0) is 16.9. The van der Waals surface area contributed by atoms with Crippen molar-refractivity contribution in [1.29, 1.82) is 0 Å². The second kappa shape index (κ2) is 7.45. The number of piperidine rings is 1. The van der Waals surface area contributed by atoms with E-state index in [1.165, 1.54) is 12.0 Å². The molecular weight excluding hydrogens is 300 g/mol. The number of likely N-dealkylation sites (N-methyl/N-ethyl adjacent to an activating group) is 1. The molecular formula is C15H24N4O4. The summed E-state index contributed by atoms with van der Waals surface area (Å²) in [6.07, 6.45) is 3.94. The van der Waals surface area contributed by atoms with E-state index in [-0.39, 0.29) is 6.61 Å². The molecule has 1 saturated heterocycles. The molecule has 0 aliphatic carbocycles. The molecule has 8 nitrogen and oxygen atoms in total. The number of nitrogens with one attached hydrogen (secondary N) is 1. The number of likely N-dealkylation sites (tertiary alicyclic amines) is 1. The largest absolute Gasteiger partial charge is 0.467 e. The average Bonchev–Trinajstić information content (AvgIpc) is 3.07. The maximum absolute atomic E-state index is 12.4. The molecule has 1 N–H and O–H groups in total. The molecule has 1 aromatic heterocycles. The second-order valence-electron chi connectivity index (χ2n) is 5.63. The van der Waals surface area contributed by atoms with E-state index in [1.807, 2.05) is 0 Å². The Morgan fingerprint density at radius 3 is 2.65 bits per heavy atom. The fraction of sp³-hybridized carbons (Fsp3) is 0.667. The molecule has 8 heteroatoms. The van der Waals surface area contributed by atoms with Crippen LogP contribution in [-0.2, 0) is 20.8 Å². The number of aromatic amines is 1. The number of H-pyrrole nitrogens is 1. The Labute approximate surface area is 135 Å². The number of carbonyl (C=O) groups is 2. The lowest BCUT2D eigenvalue weighted by Crippen LogP contribution is -2.60. The van der Waals surface area contributed by atoms with Crippen LogP contribution >= 0.6 is 0 Å². The Balaban J connectivity index is 2.06. The second-order valence-corrected chi connectivity index (χ2v) is 5.63. The summed E-state index contributed by atoms with van der Waals surface area (Å²) in [5.74, 6) is -0.394. The molecule has 2 rings (SSSR count). The standard InChI is InChI=1S/C15H24N4O4/c1-4-23-14(21)18(2)15(13(20)22-3)5-7-19(8-6-15)10-12-9-16-11-17-12/h9,11H,4-8,10H2,1-3H3,(H,16,17). The highest BCUT2D eigenvalue weighted by atomic mass is 16.6. The molecule has 128 valence electrons. The SMILES string of the molecule is CCOC(=O)N(C)C1(C(=O)OC)CCN(Cc2cnc[nH]2)CC1. The fourth-order valence-electron chi connectivity index (χ4n) is 2.95. The minimum Gasteiger partial charge on any atom is -0.467 e. The molecule has 1 aliphatic heterocycles. The third kappa shape index (κ3) is 3.64. The lowest BCUT2D eigenvalue weighted by Gasteiger charge is -2.44. The van der Waals surface area contributed by atoms with Gasteiger partial charge in [-0.3, -0.25) is 9.80 Å². The average molecular weight is 324 g/mol. The van der Waals surface area contributed by atoms with Crippen molar-refractivity contribution in [2.24, 2.45) is 0 Å². The Hall–Kier alpha value is -2.09. The number of esters is 1. The molecule has 1 aromatic rings. The highest BCUT2D eigenvalue weighted by Gasteiger charge is 2.48. The number of nitrogens with zero attached hydrogens (tertiary/aromatic N) is 3. The van der Waals surface area contributed by atoms with Crippen molar-refractivity contribution in [1.82, 2.24) is 19.8 Å². The van der Waals surface area contributed by atoms with Gasteiger partial charge < -0.3 is 14.5 Å². The highest BCUT2D eigenvalue weighted by Crippen LogP contribution is 2.30. The number of methoxy groups -OCH3 is 1. The molecule has 2 heterocycles. The van der Waals surface area contributed by atoms with E-state index in [0.29, 0.717) is 25.9 Å². The number of ether oxygens (including phenoxy) is 2. The van der Waals surface area contributed by atoms with Crippen LogP contribution in [0.4, 0.5) is 4.79 Å². The van der Waals surface area contributed by atoms with Crippen molar-refractivity contribution < 1.29 is 19.1 Å². The van der Waals surface area contributed by atoms with E-state index in [2.05, 4.69) is 14.9 Å². The lowest BCUT2D eigenvalue weighted by molar-refractivity contribution is -0.157. The Morgan fingerprint density at radius 1 is 1.43 bits per heavy atom. The van der Waals surface area contributed by atoms with Crippen molar-refractivity contribution >= 4 is 12.1 Å². The number of hydrogen-bond donors (Lipinski definition) is 1. The summed E-state index contributed by atoms with van der Waals surface area (Å²) >= 11 is 0. The number of amides is 1. The van der Waals surface area contributed by atoms with E-state index in [1.54, 1.807) is 26.5 Å². The topological polar surface area (TPSA) is 87.8 Å². The molecule has 0 unspecified atom stereocenters. The first-order valence-corrected chi connectivity index (χ1v) is 7.72. The van der Waals surface area contributed by atoms with Crippen LogP contribution in [0.5, 0.6) is 0 Å². The number of aromatic nitrogens is 2. The Bertz CT molecular complexity index is 524. The van der Waals surface area contributed by atoms with Crippen molar-refractivity contribution in [2.45, 2.75) is 31.8 Å². The zero-order valence-electron chi connectivity index (χ0n) is 13.9. The van der Waals surface area contributed by atoms with Gasteiger partial charge in [-0.05, 0) is 19.8 Å². The van der Waals surface area contributed by atoms with Crippen LogP contribution in [0.1, 0.15) is 25.5 Å². The van der Waals surface area contributed by atoms with Gasteiger partial charge in [-0.1, -0.05) is 0 Å². The lowest BCUT2D eigenvalue weighted by atomic mass is 9.86. The molecule has 0 saturated carbocycles. The first-order valence-electron chi connectivity index (χ1n) is 7.72. The van der Waals surface area contributed by atoms with Crippen molar-refractivity contribution in [2.75, 3.05) is 33.9 Å². The summed E-state index contributed by atoms with van der Waals surface area (Å²) in [5, 5.41) is 0. The maximum Gasteiger partial charge on any atom is 0.410 e. The predicted octanol–water partition coefficient (Wildman–Crippen LogP) is 1.01. The van der Waals surface area contributed by atoms with Gasteiger partial charge in [0.1, 0.15) is 5.54 Å². The van der Waals surface area contributed by atoms with E-state index in [4.69, 9.17) is 9.47 Å². The monoisotopic (exact) mass is 324 g/mol. The van der Waals surface area contributed by atoms with E-state index in [0.717, 1.165) is 12.2 Å². The van der Waals surface area contributed by atoms with Crippen molar-refractivity contribution in [3.63, 3.8) is 0 Å². The summed E-state index contributed by atoms with van der Waals surface area (Å²) in [6.45, 7) is 4.10. The number of rotatable bonds is 5. The minimum atomic E-state index is -0.967. The van der Waals surface area contributed by atoms with Crippen LogP contribution in [0.25, 0.3) is 0 Å². The van der Waals surface area contributed by atoms with Crippen LogP contribution in [0.3, 0.4) is 0 Å². The van der Waals surface area contributed by atoms with Crippen LogP contribution in [-0.4, -0.2) is 71.2 Å². The van der Waals surface area contributed by atoms with Crippen molar-refractivity contribution in [3.8, 4) is 0 Å². The molecule has 1 aliphatic rings. The number of carbonyl (C=O) groups excluding carboxylic acids is 2. The summed E-state index contributed by atoms with van der Waals surface area (Å²) in [4.78, 5) is 35.1. The molecule has 0 atom stereocenters. The number of hydrogen-bond acceptors (Lipinski definition) is 6. The molecule has 0 aromatic carbocycles. The summed E-state index contributed by atoms with van der Waals surface area (Å²) < 4.78 is 10.0. The first-order chi connectivity index (χ1) is 11.0. The fourth-order valence-corrected chi connectivity index (χ4v) is 2.95. The summed E-state index contributed by atoms with van der Waals surface area (Å²) in [5.41, 5.74) is 0.0557. The van der Waals surface area contributed by atoms with E-state index < -0.39 is 17.6 Å². The quantitative estimate of drug-likeness (QED) is 0.813. The van der Waals surface area contributed by atoms with Gasteiger partial charge in [0.05, 0.1) is 20.0 Å². The van der Waals surface area contributed by atoms with Crippen molar-refractivity contribution in [3.05, 3.63) is 18.2 Å². The zero-order valence-corrected chi connectivity index (χ0v) is 13.9. The summed E-state index contributed by atoms with van der Waals surface area (Å²) in [7, 11) is 2.94. The summed E-state index contributed by atoms with van der Waals surface area (Å²) in [6, 6.07) is 0. The molecule has 0 radical (unpaired) electrons. The molecule has 1 amide bonds. The predicted molar refractivity (Wildman–Crippen MR) is 82.6 cm³/mol. The minimum absolute atomic E-state index is 0.270. The highest BCUT2D eigenvalue weighted by molar-refractivity contribution is 5.85. The van der Waals surface area contributed by atoms with Gasteiger partial charge in [0.25, 0.3) is 0 Å². The van der Waals surface area contributed by atoms with Gasteiger partial charge in [-0.25, -0.2) is 14.6 Å². The third-order valence-electron chi connectivity index (χ3n) is 4.38.